The number of nitrogens with one attached hydrogen (secondary N) is 2. The van der Waals surface area contributed by atoms with Crippen molar-refractivity contribution in [1.29, 1.82) is 0 Å². The molecule has 7 nitrogen and oxygen atoms in total. The number of rotatable bonds is 3. The van der Waals surface area contributed by atoms with E-state index in [1.54, 1.807) is 24.3 Å². The van der Waals surface area contributed by atoms with Gasteiger partial charge in [-0.3, -0.25) is 9.59 Å². The van der Waals surface area contributed by atoms with Crippen LogP contribution in [0.25, 0.3) is 33.2 Å². The van der Waals surface area contributed by atoms with Crippen molar-refractivity contribution in [2.45, 2.75) is 6.54 Å². The van der Waals surface area contributed by atoms with Gasteiger partial charge in [0.25, 0.3) is 5.91 Å². The van der Waals surface area contributed by atoms with Crippen molar-refractivity contribution in [3.63, 3.8) is 0 Å². The van der Waals surface area contributed by atoms with Gasteiger partial charge in [-0.15, -0.1) is 0 Å². The Morgan fingerprint density at radius 2 is 1.85 bits per heavy atom. The average Bonchev–Trinajstić information content (AvgIpc) is 3.30. The molecular formula is C20H13N3O4. The molecule has 0 atom stereocenters. The summed E-state index contributed by atoms with van der Waals surface area (Å²) in [6.07, 6.45) is 0. The van der Waals surface area contributed by atoms with Crippen LogP contribution in [0.15, 0.2) is 68.2 Å². The molecule has 1 amide bonds. The zero-order valence-electron chi connectivity index (χ0n) is 14.0. The lowest BCUT2D eigenvalue weighted by Gasteiger charge is -1.99. The molecule has 3 aromatic heterocycles. The first-order valence-electron chi connectivity index (χ1n) is 8.36. The third-order valence-corrected chi connectivity index (χ3v) is 4.36. The van der Waals surface area contributed by atoms with Gasteiger partial charge >= 0.3 is 5.78 Å². The van der Waals surface area contributed by atoms with Crippen LogP contribution in [0.2, 0.25) is 0 Å². The van der Waals surface area contributed by atoms with Crippen LogP contribution < -0.4 is 10.7 Å². The van der Waals surface area contributed by atoms with E-state index < -0.39 is 5.91 Å². The number of carbonyl (C=O) groups excluding carboxylic acids is 1. The van der Waals surface area contributed by atoms with Crippen LogP contribution in [0, 0.1) is 0 Å². The van der Waals surface area contributed by atoms with Crippen LogP contribution in [0.1, 0.15) is 16.4 Å². The number of aromatic nitrogens is 2. The van der Waals surface area contributed by atoms with Gasteiger partial charge in [0.15, 0.2) is 5.76 Å². The molecule has 27 heavy (non-hydrogen) atoms. The van der Waals surface area contributed by atoms with E-state index in [1.165, 1.54) is 6.07 Å². The molecule has 0 fully saturated rings. The van der Waals surface area contributed by atoms with E-state index in [4.69, 9.17) is 8.83 Å². The maximum absolute atomic E-state index is 12.5. The van der Waals surface area contributed by atoms with Crippen molar-refractivity contribution in [2.75, 3.05) is 0 Å². The summed E-state index contributed by atoms with van der Waals surface area (Å²) in [6, 6.07) is 15.9. The molecule has 0 saturated carbocycles. The molecule has 5 rings (SSSR count). The van der Waals surface area contributed by atoms with Gasteiger partial charge in [0, 0.05) is 6.07 Å². The monoisotopic (exact) mass is 359 g/mol. The van der Waals surface area contributed by atoms with E-state index in [2.05, 4.69) is 15.3 Å². The summed E-state index contributed by atoms with van der Waals surface area (Å²) < 4.78 is 11.1. The van der Waals surface area contributed by atoms with Gasteiger partial charge in [-0.25, -0.2) is 4.98 Å². The van der Waals surface area contributed by atoms with Gasteiger partial charge in [-0.2, -0.15) is 0 Å². The van der Waals surface area contributed by atoms with E-state index in [9.17, 15) is 9.59 Å². The summed E-state index contributed by atoms with van der Waals surface area (Å²) in [5, 5.41) is 3.41. The fraction of sp³-hybridized carbons (Fsp3) is 0.0500. The fourth-order valence-corrected chi connectivity index (χ4v) is 3.05. The highest BCUT2D eigenvalue weighted by atomic mass is 16.5. The van der Waals surface area contributed by atoms with Crippen LogP contribution >= 0.6 is 0 Å². The summed E-state index contributed by atoms with van der Waals surface area (Å²) in [5.41, 5.74) is 1.91. The highest BCUT2D eigenvalue weighted by Gasteiger charge is 2.17. The zero-order valence-corrected chi connectivity index (χ0v) is 14.0. The number of fused-ring (bicyclic) bond motifs is 3. The molecule has 0 aliphatic rings. The molecule has 2 N–H and O–H groups in total. The number of carbonyl (C=O) groups is 1. The van der Waals surface area contributed by atoms with Gasteiger partial charge in [0.2, 0.25) is 5.43 Å². The summed E-state index contributed by atoms with van der Waals surface area (Å²) in [5.74, 6) is 0.218. The molecule has 5 aromatic rings. The van der Waals surface area contributed by atoms with E-state index in [-0.39, 0.29) is 28.9 Å². The van der Waals surface area contributed by atoms with Crippen LogP contribution in [0.5, 0.6) is 0 Å². The fourth-order valence-electron chi connectivity index (χ4n) is 3.05. The highest BCUT2D eigenvalue weighted by molar-refractivity contribution is 5.97. The van der Waals surface area contributed by atoms with Gasteiger partial charge in [0.05, 0.1) is 23.0 Å². The van der Waals surface area contributed by atoms with Crippen molar-refractivity contribution in [3.8, 4) is 0 Å². The Bertz CT molecular complexity index is 1340. The highest BCUT2D eigenvalue weighted by Crippen LogP contribution is 2.21. The molecule has 132 valence electrons. The largest absolute Gasteiger partial charge is 0.425 e. The van der Waals surface area contributed by atoms with Crippen LogP contribution in [0.4, 0.5) is 0 Å². The number of H-pyrrole nitrogens is 1. The smallest absolute Gasteiger partial charge is 0.302 e. The second kappa shape index (κ2) is 5.84. The number of nitrogens with zero attached hydrogens (tertiary/aromatic N) is 1. The number of para-hydroxylation sites is 3. The molecular weight excluding hydrogens is 346 g/mol. The Hall–Kier alpha value is -3.87. The van der Waals surface area contributed by atoms with Gasteiger partial charge < -0.3 is 19.1 Å². The molecule has 0 aliphatic carbocycles. The van der Waals surface area contributed by atoms with Crippen molar-refractivity contribution < 1.29 is 13.6 Å². The Morgan fingerprint density at radius 1 is 1.04 bits per heavy atom. The lowest BCUT2D eigenvalue weighted by atomic mass is 10.2. The van der Waals surface area contributed by atoms with E-state index in [0.717, 1.165) is 11.0 Å². The maximum Gasteiger partial charge on any atom is 0.302 e. The lowest BCUT2D eigenvalue weighted by molar-refractivity contribution is 0.0922. The summed E-state index contributed by atoms with van der Waals surface area (Å²) in [7, 11) is 0. The number of amides is 1. The second-order valence-corrected chi connectivity index (χ2v) is 6.12. The molecule has 0 aliphatic heterocycles. The molecule has 0 radical (unpaired) electrons. The van der Waals surface area contributed by atoms with Crippen molar-refractivity contribution in [1.82, 2.24) is 15.3 Å². The first kappa shape index (κ1) is 15.4. The van der Waals surface area contributed by atoms with Crippen molar-refractivity contribution in [3.05, 3.63) is 76.4 Å². The topological polar surface area (TPSA) is 101 Å². The Labute approximate surface area is 151 Å². The summed E-state index contributed by atoms with van der Waals surface area (Å²) in [6.45, 7) is 0.202. The third-order valence-electron chi connectivity index (χ3n) is 4.36. The van der Waals surface area contributed by atoms with Crippen molar-refractivity contribution >= 4 is 39.1 Å². The Kier molecular flexibility index (Phi) is 3.33. The van der Waals surface area contributed by atoms with Crippen LogP contribution in [-0.2, 0) is 6.54 Å². The number of benzene rings is 2. The number of aromatic amines is 1. The predicted octanol–water partition coefficient (Wildman–Crippen LogP) is 3.35. The minimum Gasteiger partial charge on any atom is -0.425 e. The standard InChI is InChI=1S/C20H13N3O4/c24-18-11-5-1-4-8-15(11)26-20-12(18)9-16(27-20)19(25)21-10-17-22-13-6-2-3-7-14(13)23-17/h1-9H,10H2,(H,21,25)(H,22,23). The quantitative estimate of drug-likeness (QED) is 0.514. The maximum atomic E-state index is 12.5. The lowest BCUT2D eigenvalue weighted by Crippen LogP contribution is -2.22. The van der Waals surface area contributed by atoms with Crippen LogP contribution in [-0.4, -0.2) is 15.9 Å². The number of imidazole rings is 1. The molecule has 0 saturated heterocycles. The molecule has 2 aromatic carbocycles. The molecule has 3 heterocycles. The van der Waals surface area contributed by atoms with Gasteiger partial charge in [-0.05, 0) is 24.3 Å². The molecule has 0 unspecified atom stereocenters. The normalized spacial score (nSPS) is 11.4. The first-order chi connectivity index (χ1) is 13.2. The Morgan fingerprint density at radius 3 is 2.74 bits per heavy atom. The van der Waals surface area contributed by atoms with Gasteiger partial charge in [-0.1, -0.05) is 24.3 Å². The van der Waals surface area contributed by atoms with E-state index >= 15 is 0 Å². The predicted molar refractivity (Wildman–Crippen MR) is 99.5 cm³/mol. The molecule has 0 bridgehead atoms. The average molecular weight is 359 g/mol. The Balaban J connectivity index is 1.44. The SMILES string of the molecule is O=C(NCc1nc2ccccc2[nH]1)c1cc2c(=O)c3ccccc3oc2o1. The van der Waals surface area contributed by atoms with Gasteiger partial charge in [0.1, 0.15) is 16.8 Å². The minimum atomic E-state index is -0.453. The van der Waals surface area contributed by atoms with E-state index in [1.807, 2.05) is 24.3 Å². The summed E-state index contributed by atoms with van der Waals surface area (Å²) >= 11 is 0. The summed E-state index contributed by atoms with van der Waals surface area (Å²) in [4.78, 5) is 32.5. The number of hydrogen-bond acceptors (Lipinski definition) is 5. The number of furan rings is 1. The third kappa shape index (κ3) is 2.56. The minimum absolute atomic E-state index is 0.0114. The first-order valence-corrected chi connectivity index (χ1v) is 8.36. The second-order valence-electron chi connectivity index (χ2n) is 6.12. The van der Waals surface area contributed by atoms with E-state index in [0.29, 0.717) is 16.8 Å². The molecule has 7 heteroatoms. The van der Waals surface area contributed by atoms with Crippen LogP contribution in [0.3, 0.4) is 0 Å². The number of hydrogen-bond donors (Lipinski definition) is 2. The van der Waals surface area contributed by atoms with Crippen molar-refractivity contribution in [2.24, 2.45) is 0 Å². The zero-order chi connectivity index (χ0) is 18.4. The molecule has 0 spiro atoms.